The number of hydrogen-bond donors (Lipinski definition) is 0. The van der Waals surface area contributed by atoms with Crippen molar-refractivity contribution in [3.05, 3.63) is 74.4 Å². The van der Waals surface area contributed by atoms with Crippen LogP contribution in [0.2, 0.25) is 0 Å². The molecule has 0 saturated carbocycles. The van der Waals surface area contributed by atoms with Gasteiger partial charge >= 0.3 is 5.54 Å². The molecule has 0 bridgehead atoms. The molecule has 0 heterocycles. The van der Waals surface area contributed by atoms with Crippen LogP contribution in [0.15, 0.2) is 47.5 Å². The smallest absolute Gasteiger partial charge is 0.306 e. The molecule has 0 saturated heterocycles. The molecule has 2 atom stereocenters. The van der Waals surface area contributed by atoms with Crippen molar-refractivity contribution in [2.75, 3.05) is 17.6 Å². The molecule has 0 spiro atoms. The average molecular weight is 423 g/mol. The monoisotopic (exact) mass is 423 g/mol. The van der Waals surface area contributed by atoms with Crippen LogP contribution in [-0.2, 0) is 20.8 Å². The first-order chi connectivity index (χ1) is 14.5. The fourth-order valence-corrected chi connectivity index (χ4v) is 4.02. The number of nitrogens with zero attached hydrogens (tertiary/aromatic N) is 4. The lowest BCUT2D eigenvalue weighted by Crippen LogP contribution is -2.30. The van der Waals surface area contributed by atoms with E-state index in [1.165, 1.54) is 7.11 Å². The van der Waals surface area contributed by atoms with Crippen molar-refractivity contribution in [2.24, 2.45) is 4.99 Å². The topological polar surface area (TPSA) is 87.8 Å². The Labute approximate surface area is 182 Å². The Morgan fingerprint density at radius 2 is 1.68 bits per heavy atom. The Morgan fingerprint density at radius 1 is 1.06 bits per heavy atom. The second-order valence-electron chi connectivity index (χ2n) is 8.78. The zero-order chi connectivity index (χ0) is 23.0. The highest BCUT2D eigenvalue weighted by atomic mass is 16.9. The minimum atomic E-state index is -0.912. The zero-order valence-corrected chi connectivity index (χ0v) is 18.5. The minimum absolute atomic E-state index is 0.324. The van der Waals surface area contributed by atoms with Gasteiger partial charge in [-0.15, -0.1) is 0 Å². The summed E-state index contributed by atoms with van der Waals surface area (Å²) in [7, 11) is 1.30. The molecule has 8 heteroatoms. The van der Waals surface area contributed by atoms with E-state index in [1.807, 2.05) is 13.0 Å². The predicted molar refractivity (Wildman–Crippen MR) is 123 cm³/mol. The first-order valence-corrected chi connectivity index (χ1v) is 9.83. The number of rotatable bonds is 6. The minimum Gasteiger partial charge on any atom is -0.733 e. The van der Waals surface area contributed by atoms with E-state index < -0.39 is 16.7 Å². The van der Waals surface area contributed by atoms with Crippen LogP contribution >= 0.6 is 0 Å². The lowest BCUT2D eigenvalue weighted by atomic mass is 9.83. The summed E-state index contributed by atoms with van der Waals surface area (Å²) in [5, 5.41) is 25.3. The summed E-state index contributed by atoms with van der Waals surface area (Å²) >= 11 is 0. The van der Waals surface area contributed by atoms with E-state index in [1.54, 1.807) is 57.2 Å². The van der Waals surface area contributed by atoms with Gasteiger partial charge in [-0.3, -0.25) is 14.7 Å². The molecule has 164 valence electrons. The molecule has 1 aliphatic rings. The number of benzene rings is 2. The van der Waals surface area contributed by atoms with Crippen molar-refractivity contribution in [3.8, 4) is 6.57 Å². The van der Waals surface area contributed by atoms with Gasteiger partial charge in [0.1, 0.15) is 5.54 Å². The van der Waals surface area contributed by atoms with Gasteiger partial charge in [0.15, 0.2) is 0 Å². The number of aliphatic imine (C=N–C) groups is 1. The largest absolute Gasteiger partial charge is 0.733 e. The average Bonchev–Trinajstić information content (AvgIpc) is 3.01. The Hall–Kier alpha value is -2.96. The van der Waals surface area contributed by atoms with Crippen LogP contribution in [-0.4, -0.2) is 19.4 Å². The van der Waals surface area contributed by atoms with Gasteiger partial charge in [0.25, 0.3) is 6.57 Å². The highest BCUT2D eigenvalue weighted by Gasteiger charge is 2.57. The molecule has 0 amide bonds. The number of fused-ring (bicyclic) bond motifs is 1. The third kappa shape index (κ3) is 4.01. The lowest BCUT2D eigenvalue weighted by Gasteiger charge is -2.36. The predicted octanol–water partition coefficient (Wildman–Crippen LogP) is 5.11. The molecule has 3 rings (SSSR count). The molecule has 0 N–H and O–H groups in total. The summed E-state index contributed by atoms with van der Waals surface area (Å²) in [5.74, 6) is 0. The Kier molecular flexibility index (Phi) is 5.82. The molecule has 0 aliphatic heterocycles. The molecular weight excluding hydrogens is 396 g/mol. The van der Waals surface area contributed by atoms with Crippen LogP contribution in [0.25, 0.3) is 4.85 Å². The fraction of sp³-hybridized carbons (Fsp3) is 0.391. The maximum Gasteiger partial charge on any atom is 0.306 e. The van der Waals surface area contributed by atoms with E-state index in [0.29, 0.717) is 28.2 Å². The molecule has 2 aromatic carbocycles. The van der Waals surface area contributed by atoms with Crippen LogP contribution in [0.1, 0.15) is 50.8 Å². The first-order valence-electron chi connectivity index (χ1n) is 9.83. The Bertz CT molecular complexity index is 1010. The number of hydrogen-bond acceptors (Lipinski definition) is 7. The Morgan fingerprint density at radius 3 is 2.19 bits per heavy atom. The van der Waals surface area contributed by atoms with Crippen LogP contribution in [0.5, 0.6) is 0 Å². The highest BCUT2D eigenvalue weighted by Crippen LogP contribution is 2.55. The molecule has 8 nitrogen and oxygen atoms in total. The van der Waals surface area contributed by atoms with Crippen LogP contribution in [0.3, 0.4) is 0 Å². The third-order valence-electron chi connectivity index (χ3n) is 5.47. The number of anilines is 2. The second-order valence-corrected chi connectivity index (χ2v) is 8.78. The first kappa shape index (κ1) is 22.7. The van der Waals surface area contributed by atoms with Gasteiger partial charge in [0.05, 0.1) is 30.5 Å². The van der Waals surface area contributed by atoms with Gasteiger partial charge in [-0.05, 0) is 68.9 Å². The molecule has 2 aromatic rings. The van der Waals surface area contributed by atoms with Crippen molar-refractivity contribution < 1.29 is 9.68 Å². The van der Waals surface area contributed by atoms with Crippen molar-refractivity contribution >= 4 is 18.1 Å². The molecular formula is C23H27N4O4-. The maximum atomic E-state index is 12.6. The van der Waals surface area contributed by atoms with E-state index in [4.69, 9.17) is 16.2 Å². The summed E-state index contributed by atoms with van der Waals surface area (Å²) < 4.78 is 0. The van der Waals surface area contributed by atoms with Crippen LogP contribution in [0.4, 0.5) is 11.4 Å². The molecule has 0 aromatic heterocycles. The van der Waals surface area contributed by atoms with Gasteiger partial charge in [0.2, 0.25) is 0 Å². The Balaban J connectivity index is 2.15. The van der Waals surface area contributed by atoms with E-state index in [-0.39, 0.29) is 0 Å². The third-order valence-corrected chi connectivity index (χ3v) is 5.47. The van der Waals surface area contributed by atoms with Crippen molar-refractivity contribution in [1.82, 2.24) is 0 Å². The van der Waals surface area contributed by atoms with Gasteiger partial charge in [0, 0.05) is 12.5 Å². The second kappa shape index (κ2) is 7.94. The van der Waals surface area contributed by atoms with Gasteiger partial charge < -0.3 is 20.9 Å². The highest BCUT2D eigenvalue weighted by molar-refractivity contribution is 5.62. The van der Waals surface area contributed by atoms with Crippen LogP contribution < -0.4 is 10.5 Å². The molecule has 1 aliphatic carbocycles. The fourth-order valence-electron chi connectivity index (χ4n) is 4.02. The van der Waals surface area contributed by atoms with E-state index in [2.05, 4.69) is 16.6 Å². The van der Waals surface area contributed by atoms with E-state index in [0.717, 1.165) is 16.7 Å². The zero-order valence-electron chi connectivity index (χ0n) is 18.5. The van der Waals surface area contributed by atoms with E-state index in [9.17, 15) is 10.4 Å². The van der Waals surface area contributed by atoms with Crippen molar-refractivity contribution in [2.45, 2.75) is 50.8 Å². The normalized spacial score (nSPS) is 22.5. The quantitative estimate of drug-likeness (QED) is 0.474. The summed E-state index contributed by atoms with van der Waals surface area (Å²) in [6, 6.07) is 12.1. The van der Waals surface area contributed by atoms with Gasteiger partial charge in [-0.1, -0.05) is 17.0 Å². The molecule has 1 unspecified atom stereocenters. The van der Waals surface area contributed by atoms with Crippen molar-refractivity contribution in [1.29, 1.82) is 0 Å². The lowest BCUT2D eigenvalue weighted by molar-refractivity contribution is -0.00550. The molecule has 0 radical (unpaired) electrons. The maximum absolute atomic E-state index is 12.6. The standard InChI is InChI=1S/C23H27N4O4/c1-21(2,3)31-27(29)18-12-13-19-20(14-18)23(25-6,15-22(19,4)24-5)16-8-10-17(11-9-16)26(28)30-7/h5,8-14H,6,15H2,1-4,7H3/q-1/t22-,23?/m1/s1. The summed E-state index contributed by atoms with van der Waals surface area (Å²) in [4.78, 5) is 18.8. The molecule has 0 fully saturated rings. The van der Waals surface area contributed by atoms with Crippen molar-refractivity contribution in [3.63, 3.8) is 0 Å². The van der Waals surface area contributed by atoms with E-state index >= 15 is 0 Å². The molecule has 31 heavy (non-hydrogen) atoms. The summed E-state index contributed by atoms with van der Waals surface area (Å²) in [5.41, 5.74) is 0.759. The SMILES string of the molecule is C#[N+][C@]1(C)CC(N=C)(c2ccc(N([O-])OC)cc2)c2cc(N([O-])OC(C)(C)C)ccc21. The van der Waals surface area contributed by atoms with Crippen LogP contribution in [0, 0.1) is 17.0 Å². The van der Waals surface area contributed by atoms with Gasteiger partial charge in [-0.2, -0.15) is 0 Å². The van der Waals surface area contributed by atoms with Gasteiger partial charge in [-0.25, -0.2) is 0 Å². The summed E-state index contributed by atoms with van der Waals surface area (Å²) in [6.45, 7) is 17.0. The summed E-state index contributed by atoms with van der Waals surface area (Å²) in [6.07, 6.45) is 0.419.